The molecule has 0 bridgehead atoms. The van der Waals surface area contributed by atoms with Crippen LogP contribution in [0.15, 0.2) is 83.9 Å². The van der Waals surface area contributed by atoms with Crippen molar-refractivity contribution in [1.82, 2.24) is 5.32 Å². The number of carbonyl (C=O) groups is 4. The summed E-state index contributed by atoms with van der Waals surface area (Å²) in [4.78, 5) is 53.5. The standard InChI is InChI=1S/C27H23N3O5S/c1-17-7-9-18(10-8-17)22(31)16-35-26(34)19-11-13-21(14-12-19)28-24(32)15-23-25(33)30-27(36-23)29-20-5-3-2-4-6-20/h2-14,23H,15-16H2,1H3,(H,28,32)(H,29,30,33)/t23-/m0/s1. The van der Waals surface area contributed by atoms with E-state index in [0.29, 0.717) is 22.1 Å². The molecule has 0 spiro atoms. The average Bonchev–Trinajstić information content (AvgIpc) is 3.21. The van der Waals surface area contributed by atoms with Gasteiger partial charge in [-0.15, -0.1) is 0 Å². The number of aryl methyl sites for hydroxylation is 1. The number of hydrogen-bond acceptors (Lipinski definition) is 7. The molecule has 3 aromatic carbocycles. The molecule has 0 radical (unpaired) electrons. The van der Waals surface area contributed by atoms with Crippen LogP contribution in [0.25, 0.3) is 0 Å². The maximum atomic E-state index is 12.5. The molecule has 3 aromatic rings. The Morgan fingerprint density at radius 1 is 0.944 bits per heavy atom. The normalized spacial score (nSPS) is 15.9. The van der Waals surface area contributed by atoms with Crippen LogP contribution < -0.4 is 10.6 Å². The van der Waals surface area contributed by atoms with E-state index in [1.807, 2.05) is 49.4 Å². The van der Waals surface area contributed by atoms with Gasteiger partial charge in [0.1, 0.15) is 5.25 Å². The average molecular weight is 502 g/mol. The highest BCUT2D eigenvalue weighted by molar-refractivity contribution is 8.15. The Hall–Kier alpha value is -4.24. The number of nitrogens with zero attached hydrogens (tertiary/aromatic N) is 1. The molecule has 1 fully saturated rings. The number of rotatable bonds is 8. The number of amides is 2. The van der Waals surface area contributed by atoms with Crippen LogP contribution in [0.5, 0.6) is 0 Å². The predicted octanol–water partition coefficient (Wildman–Crippen LogP) is 4.28. The number of ketones is 1. The summed E-state index contributed by atoms with van der Waals surface area (Å²) < 4.78 is 5.11. The summed E-state index contributed by atoms with van der Waals surface area (Å²) in [6.07, 6.45) is -0.0325. The zero-order chi connectivity index (χ0) is 25.5. The Kier molecular flexibility index (Phi) is 7.92. The van der Waals surface area contributed by atoms with Crippen molar-refractivity contribution in [1.29, 1.82) is 0 Å². The Morgan fingerprint density at radius 2 is 1.61 bits per heavy atom. The highest BCUT2D eigenvalue weighted by Crippen LogP contribution is 2.25. The fraction of sp³-hybridized carbons (Fsp3) is 0.148. The molecule has 182 valence electrons. The fourth-order valence-electron chi connectivity index (χ4n) is 3.32. The number of benzene rings is 3. The highest BCUT2D eigenvalue weighted by Gasteiger charge is 2.32. The van der Waals surface area contributed by atoms with Gasteiger partial charge in [-0.05, 0) is 43.3 Å². The largest absolute Gasteiger partial charge is 0.454 e. The third-order valence-corrected chi connectivity index (χ3v) is 6.33. The number of ether oxygens (including phenoxy) is 1. The van der Waals surface area contributed by atoms with Gasteiger partial charge in [-0.25, -0.2) is 9.79 Å². The Labute approximate surface area is 212 Å². The molecule has 1 heterocycles. The maximum absolute atomic E-state index is 12.5. The highest BCUT2D eigenvalue weighted by atomic mass is 32.2. The maximum Gasteiger partial charge on any atom is 0.338 e. The van der Waals surface area contributed by atoms with Crippen LogP contribution in [-0.4, -0.2) is 40.6 Å². The first-order chi connectivity index (χ1) is 17.4. The molecule has 0 aliphatic carbocycles. The van der Waals surface area contributed by atoms with Gasteiger partial charge < -0.3 is 15.4 Å². The van der Waals surface area contributed by atoms with Crippen LogP contribution in [0.4, 0.5) is 11.4 Å². The molecule has 0 unspecified atom stereocenters. The molecule has 2 amide bonds. The number of para-hydroxylation sites is 1. The molecule has 1 atom stereocenters. The lowest BCUT2D eigenvalue weighted by molar-refractivity contribution is -0.122. The van der Waals surface area contributed by atoms with Crippen LogP contribution >= 0.6 is 11.8 Å². The van der Waals surface area contributed by atoms with E-state index < -0.39 is 11.2 Å². The van der Waals surface area contributed by atoms with Gasteiger partial charge in [-0.1, -0.05) is 59.8 Å². The van der Waals surface area contributed by atoms with Crippen molar-refractivity contribution in [2.75, 3.05) is 11.9 Å². The molecule has 4 rings (SSSR count). The summed E-state index contributed by atoms with van der Waals surface area (Å²) in [7, 11) is 0. The van der Waals surface area contributed by atoms with Gasteiger partial charge in [0.25, 0.3) is 0 Å². The second-order valence-electron chi connectivity index (χ2n) is 8.04. The van der Waals surface area contributed by atoms with Crippen molar-refractivity contribution in [2.24, 2.45) is 4.99 Å². The minimum atomic E-state index is -0.641. The first kappa shape index (κ1) is 24.9. The summed E-state index contributed by atoms with van der Waals surface area (Å²) in [6, 6.07) is 22.3. The number of Topliss-reactive ketones (excluding diaryl/α,β-unsaturated/α-hetero) is 1. The van der Waals surface area contributed by atoms with Gasteiger partial charge in [-0.3, -0.25) is 14.4 Å². The van der Waals surface area contributed by atoms with Gasteiger partial charge in [0.05, 0.1) is 11.3 Å². The number of amidine groups is 1. The molecule has 2 N–H and O–H groups in total. The third kappa shape index (κ3) is 6.67. The summed E-state index contributed by atoms with van der Waals surface area (Å²) in [5.41, 5.74) is 2.93. The van der Waals surface area contributed by atoms with Crippen molar-refractivity contribution < 1.29 is 23.9 Å². The monoisotopic (exact) mass is 501 g/mol. The molecule has 1 aliphatic rings. The quantitative estimate of drug-likeness (QED) is 0.352. The Morgan fingerprint density at radius 3 is 2.31 bits per heavy atom. The lowest BCUT2D eigenvalue weighted by atomic mass is 10.1. The second kappa shape index (κ2) is 11.5. The smallest absolute Gasteiger partial charge is 0.338 e. The van der Waals surface area contributed by atoms with Crippen LogP contribution in [0, 0.1) is 6.92 Å². The third-order valence-electron chi connectivity index (χ3n) is 5.25. The molecular weight excluding hydrogens is 478 g/mol. The van der Waals surface area contributed by atoms with Crippen molar-refractivity contribution in [3.05, 3.63) is 95.6 Å². The van der Waals surface area contributed by atoms with Crippen molar-refractivity contribution >= 4 is 51.9 Å². The SMILES string of the molecule is Cc1ccc(C(=O)COC(=O)c2ccc(NC(=O)C[C@@H]3SC(=Nc4ccccc4)NC3=O)cc2)cc1. The minimum Gasteiger partial charge on any atom is -0.454 e. The number of esters is 1. The molecule has 1 saturated heterocycles. The first-order valence-electron chi connectivity index (χ1n) is 11.2. The van der Waals surface area contributed by atoms with Gasteiger partial charge in [0, 0.05) is 17.7 Å². The topological polar surface area (TPSA) is 114 Å². The van der Waals surface area contributed by atoms with Crippen LogP contribution in [0.2, 0.25) is 0 Å². The summed E-state index contributed by atoms with van der Waals surface area (Å²) in [5, 5.41) is 5.27. The van der Waals surface area contributed by atoms with Crippen LogP contribution in [-0.2, 0) is 14.3 Å². The van der Waals surface area contributed by atoms with Crippen molar-refractivity contribution in [2.45, 2.75) is 18.6 Å². The molecular formula is C27H23N3O5S. The van der Waals surface area contributed by atoms with Crippen LogP contribution in [0.1, 0.15) is 32.7 Å². The van der Waals surface area contributed by atoms with Crippen molar-refractivity contribution in [3.8, 4) is 0 Å². The van der Waals surface area contributed by atoms with E-state index in [2.05, 4.69) is 15.6 Å². The van der Waals surface area contributed by atoms with E-state index in [1.165, 1.54) is 23.9 Å². The lowest BCUT2D eigenvalue weighted by Gasteiger charge is -2.09. The lowest BCUT2D eigenvalue weighted by Crippen LogP contribution is -2.28. The van der Waals surface area contributed by atoms with E-state index in [9.17, 15) is 19.2 Å². The minimum absolute atomic E-state index is 0.0325. The fourth-order valence-corrected chi connectivity index (χ4v) is 4.31. The van der Waals surface area contributed by atoms with E-state index in [-0.39, 0.29) is 36.2 Å². The number of nitrogens with one attached hydrogen (secondary N) is 2. The predicted molar refractivity (Wildman–Crippen MR) is 139 cm³/mol. The molecule has 8 nitrogen and oxygen atoms in total. The Balaban J connectivity index is 1.26. The van der Waals surface area contributed by atoms with Gasteiger partial charge in [0.2, 0.25) is 11.8 Å². The van der Waals surface area contributed by atoms with E-state index in [0.717, 1.165) is 5.56 Å². The molecule has 0 saturated carbocycles. The number of anilines is 1. The van der Waals surface area contributed by atoms with E-state index >= 15 is 0 Å². The van der Waals surface area contributed by atoms with E-state index in [1.54, 1.807) is 24.3 Å². The van der Waals surface area contributed by atoms with Gasteiger partial charge >= 0.3 is 5.97 Å². The number of hydrogen-bond donors (Lipinski definition) is 2. The van der Waals surface area contributed by atoms with Gasteiger partial charge in [0.15, 0.2) is 17.6 Å². The number of carbonyl (C=O) groups excluding carboxylic acids is 4. The Bertz CT molecular complexity index is 1310. The molecule has 0 aromatic heterocycles. The number of aliphatic imine (C=N–C) groups is 1. The zero-order valence-corrected chi connectivity index (χ0v) is 20.2. The summed E-state index contributed by atoms with van der Waals surface area (Å²) >= 11 is 1.21. The molecule has 1 aliphatic heterocycles. The van der Waals surface area contributed by atoms with E-state index in [4.69, 9.17) is 4.74 Å². The first-order valence-corrected chi connectivity index (χ1v) is 12.0. The summed E-state index contributed by atoms with van der Waals surface area (Å²) in [6.45, 7) is 1.56. The molecule has 36 heavy (non-hydrogen) atoms. The van der Waals surface area contributed by atoms with Gasteiger partial charge in [-0.2, -0.15) is 0 Å². The summed E-state index contributed by atoms with van der Waals surface area (Å²) in [5.74, 6) is -1.55. The van der Waals surface area contributed by atoms with Crippen LogP contribution in [0.3, 0.4) is 0 Å². The number of thioether (sulfide) groups is 1. The second-order valence-corrected chi connectivity index (χ2v) is 9.23. The molecule has 9 heteroatoms. The zero-order valence-electron chi connectivity index (χ0n) is 19.4. The van der Waals surface area contributed by atoms with Crippen molar-refractivity contribution in [3.63, 3.8) is 0 Å².